The highest BCUT2D eigenvalue weighted by Crippen LogP contribution is 2.36. The lowest BCUT2D eigenvalue weighted by Crippen LogP contribution is -2.30. The van der Waals surface area contributed by atoms with E-state index in [9.17, 15) is 4.79 Å². The van der Waals surface area contributed by atoms with Crippen molar-refractivity contribution in [1.82, 2.24) is 10.5 Å². The number of fused-ring (bicyclic) bond motifs is 1. The fourth-order valence-electron chi connectivity index (χ4n) is 4.91. The monoisotopic (exact) mass is 436 g/mol. The van der Waals surface area contributed by atoms with Crippen molar-refractivity contribution in [3.05, 3.63) is 65.5 Å². The highest BCUT2D eigenvalue weighted by Gasteiger charge is 2.25. The van der Waals surface area contributed by atoms with E-state index in [2.05, 4.69) is 28.7 Å². The molecule has 2 aromatic rings. The number of aliphatic carboxylic acids is 1. The Bertz CT molecular complexity index is 923. The number of nitrogens with zero attached hydrogens (tertiary/aromatic N) is 1. The van der Waals surface area contributed by atoms with Crippen LogP contribution in [0.3, 0.4) is 0 Å². The fraction of sp³-hybridized carbons (Fsp3) is 0.462. The zero-order valence-corrected chi connectivity index (χ0v) is 18.5. The van der Waals surface area contributed by atoms with E-state index in [1.165, 1.54) is 43.2 Å². The standard InChI is InChI=1S/C26H32N2O4/c29-25(30)18-31-24-13-5-11-22-19(9-4-12-23(22)24)14-16-32-28-26(20-7-2-1-3-8-20)21-10-6-15-27-17-21/h5-6,9-11,13,15,17,20,26,28H,1-4,7-8,12,14,16,18H2,(H,29,30). The molecule has 6 heteroatoms. The number of carboxylic acids is 1. The Morgan fingerprint density at radius 1 is 1.19 bits per heavy atom. The van der Waals surface area contributed by atoms with E-state index >= 15 is 0 Å². The summed E-state index contributed by atoms with van der Waals surface area (Å²) in [6.07, 6.45) is 14.9. The van der Waals surface area contributed by atoms with Crippen LogP contribution in [-0.2, 0) is 16.1 Å². The van der Waals surface area contributed by atoms with Gasteiger partial charge in [0.2, 0.25) is 0 Å². The van der Waals surface area contributed by atoms with E-state index in [0.717, 1.165) is 30.4 Å². The van der Waals surface area contributed by atoms with Crippen LogP contribution in [0.2, 0.25) is 0 Å². The maximum absolute atomic E-state index is 10.9. The Hall–Kier alpha value is -2.70. The van der Waals surface area contributed by atoms with Gasteiger partial charge in [0, 0.05) is 18.0 Å². The van der Waals surface area contributed by atoms with Crippen molar-refractivity contribution in [2.75, 3.05) is 13.2 Å². The quantitative estimate of drug-likeness (QED) is 0.398. The van der Waals surface area contributed by atoms with Gasteiger partial charge in [0.1, 0.15) is 5.75 Å². The summed E-state index contributed by atoms with van der Waals surface area (Å²) in [5.41, 5.74) is 7.99. The van der Waals surface area contributed by atoms with E-state index in [4.69, 9.17) is 14.7 Å². The summed E-state index contributed by atoms with van der Waals surface area (Å²) in [6.45, 7) is 0.244. The second-order valence-corrected chi connectivity index (χ2v) is 8.61. The average molecular weight is 437 g/mol. The topological polar surface area (TPSA) is 80.7 Å². The van der Waals surface area contributed by atoms with Gasteiger partial charge < -0.3 is 14.7 Å². The van der Waals surface area contributed by atoms with Crippen LogP contribution < -0.4 is 10.2 Å². The van der Waals surface area contributed by atoms with Crippen molar-refractivity contribution in [2.24, 2.45) is 5.92 Å². The molecule has 1 fully saturated rings. The number of allylic oxidation sites excluding steroid dienone is 1. The Balaban J connectivity index is 1.36. The van der Waals surface area contributed by atoms with E-state index in [1.807, 2.05) is 30.6 Å². The average Bonchev–Trinajstić information content (AvgIpc) is 2.84. The molecule has 1 aromatic carbocycles. The molecule has 0 amide bonds. The lowest BCUT2D eigenvalue weighted by Gasteiger charge is -2.31. The highest BCUT2D eigenvalue weighted by atomic mass is 16.6. The molecule has 0 spiro atoms. The van der Waals surface area contributed by atoms with Gasteiger partial charge >= 0.3 is 5.97 Å². The van der Waals surface area contributed by atoms with Gasteiger partial charge in [-0.2, -0.15) is 5.48 Å². The third-order valence-electron chi connectivity index (χ3n) is 6.46. The van der Waals surface area contributed by atoms with Gasteiger partial charge in [-0.1, -0.05) is 43.5 Å². The third-order valence-corrected chi connectivity index (χ3v) is 6.46. The first-order chi connectivity index (χ1) is 15.7. The number of hydrogen-bond donors (Lipinski definition) is 2. The maximum atomic E-state index is 10.9. The molecule has 6 nitrogen and oxygen atoms in total. The molecular formula is C26H32N2O4. The van der Waals surface area contributed by atoms with E-state index in [0.29, 0.717) is 18.3 Å². The number of aromatic nitrogens is 1. The van der Waals surface area contributed by atoms with Crippen molar-refractivity contribution in [1.29, 1.82) is 0 Å². The molecule has 1 saturated carbocycles. The number of hydroxylamine groups is 1. The highest BCUT2D eigenvalue weighted by molar-refractivity contribution is 5.73. The summed E-state index contributed by atoms with van der Waals surface area (Å²) >= 11 is 0. The molecule has 170 valence electrons. The smallest absolute Gasteiger partial charge is 0.341 e. The number of carboxylic acid groups (broad SMARTS) is 1. The fourth-order valence-corrected chi connectivity index (χ4v) is 4.91. The van der Waals surface area contributed by atoms with Gasteiger partial charge in [-0.15, -0.1) is 0 Å². The number of carbonyl (C=O) groups is 1. The van der Waals surface area contributed by atoms with Crippen LogP contribution in [0.5, 0.6) is 5.75 Å². The summed E-state index contributed by atoms with van der Waals surface area (Å²) in [4.78, 5) is 21.2. The van der Waals surface area contributed by atoms with Crippen LogP contribution in [-0.4, -0.2) is 29.3 Å². The van der Waals surface area contributed by atoms with Crippen LogP contribution >= 0.6 is 0 Å². The van der Waals surface area contributed by atoms with Crippen molar-refractivity contribution in [2.45, 2.75) is 57.4 Å². The molecule has 2 N–H and O–H groups in total. The molecule has 1 aromatic heterocycles. The Morgan fingerprint density at radius 3 is 2.84 bits per heavy atom. The van der Waals surface area contributed by atoms with Gasteiger partial charge in [-0.3, -0.25) is 4.98 Å². The van der Waals surface area contributed by atoms with Gasteiger partial charge in [-0.25, -0.2) is 4.79 Å². The van der Waals surface area contributed by atoms with Gasteiger partial charge in [0.25, 0.3) is 0 Å². The lowest BCUT2D eigenvalue weighted by molar-refractivity contribution is -0.139. The van der Waals surface area contributed by atoms with Crippen LogP contribution in [0, 0.1) is 5.92 Å². The predicted molar refractivity (Wildman–Crippen MR) is 123 cm³/mol. The van der Waals surface area contributed by atoms with Crippen LogP contribution in [0.4, 0.5) is 0 Å². The number of benzene rings is 1. The molecule has 32 heavy (non-hydrogen) atoms. The van der Waals surface area contributed by atoms with Crippen LogP contribution in [0.1, 0.15) is 67.7 Å². The molecular weight excluding hydrogens is 404 g/mol. The third kappa shape index (κ3) is 5.75. The molecule has 1 heterocycles. The van der Waals surface area contributed by atoms with E-state index in [1.54, 1.807) is 0 Å². The summed E-state index contributed by atoms with van der Waals surface area (Å²) in [5, 5.41) is 8.93. The Kier molecular flexibility index (Phi) is 7.91. The first kappa shape index (κ1) is 22.5. The molecule has 0 bridgehead atoms. The van der Waals surface area contributed by atoms with Gasteiger partial charge in [0.15, 0.2) is 6.61 Å². The minimum absolute atomic E-state index is 0.160. The van der Waals surface area contributed by atoms with Gasteiger partial charge in [0.05, 0.1) is 12.6 Å². The second-order valence-electron chi connectivity index (χ2n) is 8.61. The largest absolute Gasteiger partial charge is 0.482 e. The minimum Gasteiger partial charge on any atom is -0.482 e. The van der Waals surface area contributed by atoms with E-state index in [-0.39, 0.29) is 12.6 Å². The number of ether oxygens (including phenoxy) is 1. The Morgan fingerprint density at radius 2 is 2.06 bits per heavy atom. The molecule has 2 aliphatic carbocycles. The van der Waals surface area contributed by atoms with Crippen LogP contribution in [0.25, 0.3) is 5.57 Å². The van der Waals surface area contributed by atoms with Gasteiger partial charge in [-0.05, 0) is 66.9 Å². The summed E-state index contributed by atoms with van der Waals surface area (Å²) in [6, 6.07) is 10.1. The predicted octanol–water partition coefficient (Wildman–Crippen LogP) is 5.11. The zero-order valence-electron chi connectivity index (χ0n) is 18.5. The number of hydrogen-bond acceptors (Lipinski definition) is 5. The number of rotatable bonds is 10. The van der Waals surface area contributed by atoms with Crippen molar-refractivity contribution in [3.63, 3.8) is 0 Å². The summed E-state index contributed by atoms with van der Waals surface area (Å²) in [5.74, 6) is 0.273. The molecule has 2 aliphatic rings. The minimum atomic E-state index is -0.963. The van der Waals surface area contributed by atoms with Crippen molar-refractivity contribution >= 4 is 11.5 Å². The first-order valence-electron chi connectivity index (χ1n) is 11.7. The SMILES string of the molecule is O=C(O)COc1cccc2c1CCC=C2CCONC(c1cccnc1)C1CCCCC1. The van der Waals surface area contributed by atoms with E-state index < -0.39 is 5.97 Å². The normalized spacial score (nSPS) is 17.3. The number of pyridine rings is 1. The molecule has 4 rings (SSSR count). The maximum Gasteiger partial charge on any atom is 0.341 e. The number of nitrogens with one attached hydrogen (secondary N) is 1. The summed E-state index contributed by atoms with van der Waals surface area (Å²) in [7, 11) is 0. The molecule has 0 aliphatic heterocycles. The van der Waals surface area contributed by atoms with Crippen LogP contribution in [0.15, 0.2) is 48.8 Å². The lowest BCUT2D eigenvalue weighted by atomic mass is 9.82. The van der Waals surface area contributed by atoms with Crippen molar-refractivity contribution < 1.29 is 19.5 Å². The molecule has 0 radical (unpaired) electrons. The first-order valence-corrected chi connectivity index (χ1v) is 11.7. The zero-order chi connectivity index (χ0) is 22.2. The molecule has 0 saturated heterocycles. The molecule has 1 atom stereocenters. The molecule has 1 unspecified atom stereocenters. The Labute approximate surface area is 189 Å². The van der Waals surface area contributed by atoms with Crippen molar-refractivity contribution in [3.8, 4) is 5.75 Å². The second kappa shape index (κ2) is 11.2. The summed E-state index contributed by atoms with van der Waals surface area (Å²) < 4.78 is 5.51.